The van der Waals surface area contributed by atoms with Crippen LogP contribution in [0.2, 0.25) is 5.02 Å². The largest absolute Gasteiger partial charge is 0.506 e. The Labute approximate surface area is 220 Å². The molecule has 3 rings (SSSR count). The highest BCUT2D eigenvalue weighted by atomic mass is 35.5. The van der Waals surface area contributed by atoms with Crippen molar-refractivity contribution in [2.75, 3.05) is 19.7 Å². The first-order valence-electron chi connectivity index (χ1n) is 13.0. The number of fused-ring (bicyclic) bond motifs is 1. The number of hydrogen-bond donors (Lipinski definition) is 1. The van der Waals surface area contributed by atoms with Gasteiger partial charge in [-0.1, -0.05) is 54.4 Å². The molecule has 1 fully saturated rings. The third-order valence-corrected chi connectivity index (χ3v) is 6.99. The van der Waals surface area contributed by atoms with Crippen molar-refractivity contribution in [1.82, 2.24) is 4.90 Å². The first-order valence-corrected chi connectivity index (χ1v) is 13.4. The number of phenolic OH excluding ortho intramolecular Hbond substituents is 1. The van der Waals surface area contributed by atoms with Crippen LogP contribution in [0.15, 0.2) is 47.7 Å². The Bertz CT molecular complexity index is 1010. The highest BCUT2D eigenvalue weighted by Gasteiger charge is 2.20. The average Bonchev–Trinajstić information content (AvgIpc) is 2.86. The number of nitrogens with zero attached hydrogens (tertiary/aromatic N) is 2. The minimum atomic E-state index is -0.103. The van der Waals surface area contributed by atoms with Crippen LogP contribution in [-0.2, 0) is 20.8 Å². The van der Waals surface area contributed by atoms with E-state index in [1.165, 1.54) is 0 Å². The minimum Gasteiger partial charge on any atom is -0.506 e. The molecule has 0 aliphatic carbocycles. The SMILES string of the molecule is C=C1OC(CCC)C/C=C/CC/C(C)=C/C(=N/OCC(=O)N2CCCCC2)Cc2c1ccc(O)c2Cl. The maximum Gasteiger partial charge on any atom is 0.263 e. The zero-order valence-electron chi connectivity index (χ0n) is 21.6. The van der Waals surface area contributed by atoms with Crippen molar-refractivity contribution in [2.45, 2.75) is 77.7 Å². The van der Waals surface area contributed by atoms with Crippen LogP contribution < -0.4 is 0 Å². The smallest absolute Gasteiger partial charge is 0.263 e. The van der Waals surface area contributed by atoms with E-state index < -0.39 is 0 Å². The van der Waals surface area contributed by atoms with E-state index in [1.807, 2.05) is 11.0 Å². The molecule has 196 valence electrons. The summed E-state index contributed by atoms with van der Waals surface area (Å²) >= 11 is 6.58. The molecular weight excluding hydrogens is 476 g/mol. The van der Waals surface area contributed by atoms with E-state index in [4.69, 9.17) is 21.2 Å². The quantitative estimate of drug-likeness (QED) is 0.346. The molecule has 2 heterocycles. The number of ether oxygens (including phenoxy) is 1. The predicted octanol–water partition coefficient (Wildman–Crippen LogP) is 6.82. The standard InChI is InChI=1S/C29H39ClN2O4/c1-4-11-24-13-8-5-7-12-21(2)18-23(31-35-20-28(34)32-16-9-6-10-17-32)19-26-25(22(3)36-24)14-15-27(33)29(26)30/h5,8,14-15,18,24,33H,3-4,6-7,9-13,16-17,19-20H2,1-2H3/b8-5+,21-18+,31-23-. The van der Waals surface area contributed by atoms with Gasteiger partial charge in [-0.3, -0.25) is 4.79 Å². The lowest BCUT2D eigenvalue weighted by Gasteiger charge is -2.26. The second kappa shape index (κ2) is 14.1. The number of piperidine rings is 1. The van der Waals surface area contributed by atoms with Crippen molar-refractivity contribution in [3.63, 3.8) is 0 Å². The van der Waals surface area contributed by atoms with Gasteiger partial charge in [0.1, 0.15) is 17.6 Å². The van der Waals surface area contributed by atoms with Gasteiger partial charge < -0.3 is 19.6 Å². The first-order chi connectivity index (χ1) is 17.4. The van der Waals surface area contributed by atoms with E-state index in [1.54, 1.807) is 12.1 Å². The van der Waals surface area contributed by atoms with Crippen LogP contribution in [-0.4, -0.2) is 47.4 Å². The van der Waals surface area contributed by atoms with Crippen LogP contribution in [0.3, 0.4) is 0 Å². The topological polar surface area (TPSA) is 71.4 Å². The van der Waals surface area contributed by atoms with Crippen LogP contribution in [0, 0.1) is 0 Å². The number of amides is 1. The summed E-state index contributed by atoms with van der Waals surface area (Å²) in [5.41, 5.74) is 3.15. The van der Waals surface area contributed by atoms with Crippen LogP contribution in [0.1, 0.15) is 76.3 Å². The molecular formula is C29H39ClN2O4. The maximum absolute atomic E-state index is 12.5. The molecule has 1 aromatic carbocycles. The predicted molar refractivity (Wildman–Crippen MR) is 146 cm³/mol. The van der Waals surface area contributed by atoms with Gasteiger partial charge in [0.15, 0.2) is 6.61 Å². The molecule has 7 heteroatoms. The lowest BCUT2D eigenvalue weighted by molar-refractivity contribution is -0.137. The van der Waals surface area contributed by atoms with Gasteiger partial charge >= 0.3 is 0 Å². The summed E-state index contributed by atoms with van der Waals surface area (Å²) in [7, 11) is 0. The Morgan fingerprint density at radius 3 is 2.81 bits per heavy atom. The number of aromatic hydroxyl groups is 1. The van der Waals surface area contributed by atoms with E-state index in [2.05, 4.69) is 37.7 Å². The maximum atomic E-state index is 12.5. The normalized spacial score (nSPS) is 23.1. The monoisotopic (exact) mass is 514 g/mol. The van der Waals surface area contributed by atoms with E-state index in [0.29, 0.717) is 23.5 Å². The Hall–Kier alpha value is -2.73. The molecule has 0 bridgehead atoms. The number of carbonyl (C=O) groups excluding carboxylic acids is 1. The van der Waals surface area contributed by atoms with Crippen molar-refractivity contribution in [1.29, 1.82) is 0 Å². The molecule has 1 atom stereocenters. The number of benzene rings is 1. The summed E-state index contributed by atoms with van der Waals surface area (Å²) in [5, 5.41) is 14.9. The molecule has 1 amide bonds. The molecule has 0 spiro atoms. The van der Waals surface area contributed by atoms with Crippen LogP contribution in [0.25, 0.3) is 5.76 Å². The van der Waals surface area contributed by atoms with Gasteiger partial charge in [-0.15, -0.1) is 0 Å². The molecule has 36 heavy (non-hydrogen) atoms. The van der Waals surface area contributed by atoms with Gasteiger partial charge in [-0.25, -0.2) is 0 Å². The van der Waals surface area contributed by atoms with Crippen molar-refractivity contribution in [2.24, 2.45) is 5.16 Å². The Morgan fingerprint density at radius 1 is 1.28 bits per heavy atom. The fourth-order valence-electron chi connectivity index (χ4n) is 4.58. The summed E-state index contributed by atoms with van der Waals surface area (Å²) < 4.78 is 6.27. The van der Waals surface area contributed by atoms with Gasteiger partial charge in [0.05, 0.1) is 10.7 Å². The molecule has 2 aliphatic rings. The van der Waals surface area contributed by atoms with Gasteiger partial charge in [-0.05, 0) is 69.2 Å². The van der Waals surface area contributed by atoms with Crippen molar-refractivity contribution < 1.29 is 19.5 Å². The van der Waals surface area contributed by atoms with Crippen molar-refractivity contribution in [3.8, 4) is 5.75 Å². The molecule has 1 aromatic rings. The van der Waals surface area contributed by atoms with Gasteiger partial charge in [0, 0.05) is 31.5 Å². The fourth-order valence-corrected chi connectivity index (χ4v) is 4.82. The number of oxime groups is 1. The second-order valence-corrected chi connectivity index (χ2v) is 9.97. The fraction of sp³-hybridized carbons (Fsp3) is 0.517. The van der Waals surface area contributed by atoms with E-state index >= 15 is 0 Å². The second-order valence-electron chi connectivity index (χ2n) is 9.59. The van der Waals surface area contributed by atoms with E-state index in [0.717, 1.165) is 75.6 Å². The molecule has 6 nitrogen and oxygen atoms in total. The molecule has 2 aliphatic heterocycles. The van der Waals surface area contributed by atoms with Crippen LogP contribution in [0.5, 0.6) is 5.75 Å². The Balaban J connectivity index is 1.89. The van der Waals surface area contributed by atoms with Crippen molar-refractivity contribution >= 4 is 29.0 Å². The van der Waals surface area contributed by atoms with Crippen molar-refractivity contribution in [3.05, 3.63) is 58.7 Å². The summed E-state index contributed by atoms with van der Waals surface area (Å²) in [5.74, 6) is 0.446. The van der Waals surface area contributed by atoms with Crippen LogP contribution >= 0.6 is 11.6 Å². The summed E-state index contributed by atoms with van der Waals surface area (Å²) in [6, 6.07) is 3.33. The highest BCUT2D eigenvalue weighted by Crippen LogP contribution is 2.35. The van der Waals surface area contributed by atoms with Gasteiger partial charge in [0.25, 0.3) is 5.91 Å². The first kappa shape index (κ1) is 27.9. The molecule has 1 N–H and O–H groups in total. The number of likely N-dealkylation sites (tertiary alicyclic amines) is 1. The average molecular weight is 515 g/mol. The summed E-state index contributed by atoms with van der Waals surface area (Å²) in [4.78, 5) is 19.9. The molecule has 1 saturated heterocycles. The molecule has 1 unspecified atom stereocenters. The lowest BCUT2D eigenvalue weighted by atomic mass is 9.98. The van der Waals surface area contributed by atoms with Gasteiger partial charge in [-0.2, -0.15) is 0 Å². The highest BCUT2D eigenvalue weighted by molar-refractivity contribution is 6.33. The Kier molecular flexibility index (Phi) is 10.9. The minimum absolute atomic E-state index is 0.0102. The molecule has 0 aromatic heterocycles. The lowest BCUT2D eigenvalue weighted by Crippen LogP contribution is -2.37. The zero-order chi connectivity index (χ0) is 25.9. The third kappa shape index (κ3) is 8.16. The summed E-state index contributed by atoms with van der Waals surface area (Å²) in [6.07, 6.45) is 14.3. The van der Waals surface area contributed by atoms with Crippen LogP contribution in [0.4, 0.5) is 0 Å². The number of halogens is 1. The summed E-state index contributed by atoms with van der Waals surface area (Å²) in [6.45, 7) is 9.82. The molecule has 0 saturated carbocycles. The van der Waals surface area contributed by atoms with Gasteiger partial charge in [0.2, 0.25) is 0 Å². The van der Waals surface area contributed by atoms with E-state index in [-0.39, 0.29) is 29.4 Å². The van der Waals surface area contributed by atoms with E-state index in [9.17, 15) is 9.90 Å². The third-order valence-electron chi connectivity index (χ3n) is 6.56. The zero-order valence-corrected chi connectivity index (χ0v) is 22.4. The number of rotatable bonds is 5. The molecule has 0 radical (unpaired) electrons. The number of carbonyl (C=O) groups is 1. The number of allylic oxidation sites excluding steroid dienone is 3. The number of phenols is 1. The Morgan fingerprint density at radius 2 is 2.06 bits per heavy atom. The number of hydrogen-bond acceptors (Lipinski definition) is 5.